The Kier molecular flexibility index (Phi) is 3.82. The van der Waals surface area contributed by atoms with E-state index < -0.39 is 0 Å². The van der Waals surface area contributed by atoms with Gasteiger partial charge in [0, 0.05) is 20.2 Å². The van der Waals surface area contributed by atoms with E-state index in [1.54, 1.807) is 11.9 Å². The van der Waals surface area contributed by atoms with Crippen LogP contribution in [0.1, 0.15) is 12.8 Å². The second-order valence-electron chi connectivity index (χ2n) is 3.04. The fourth-order valence-corrected chi connectivity index (χ4v) is 1.50. The van der Waals surface area contributed by atoms with Crippen molar-refractivity contribution in [3.8, 4) is 0 Å². The van der Waals surface area contributed by atoms with Crippen LogP contribution in [-0.4, -0.2) is 43.0 Å². The lowest BCUT2D eigenvalue weighted by Crippen LogP contribution is -2.34. The number of hydrogen-bond donors (Lipinski definition) is 0. The molecule has 1 amide bonds. The lowest BCUT2D eigenvalue weighted by atomic mass is 10.2. The number of carbonyl (C=O) groups excluding carboxylic acids is 1. The van der Waals surface area contributed by atoms with E-state index in [1.165, 1.54) is 0 Å². The smallest absolute Gasteiger partial charge is 0.237 e. The molecule has 1 unspecified atom stereocenters. The number of carbonyl (C=O) groups is 1. The summed E-state index contributed by atoms with van der Waals surface area (Å²) < 4.78 is 5.38. The molecule has 0 aliphatic carbocycles. The first-order valence-corrected chi connectivity index (χ1v) is 4.69. The molecule has 1 aliphatic heterocycles. The van der Waals surface area contributed by atoms with Gasteiger partial charge >= 0.3 is 0 Å². The van der Waals surface area contributed by atoms with Crippen LogP contribution in [0.2, 0.25) is 0 Å². The summed E-state index contributed by atoms with van der Waals surface area (Å²) in [6.45, 7) is 1.50. The molecule has 3 nitrogen and oxygen atoms in total. The largest absolute Gasteiger partial charge is 0.376 e. The van der Waals surface area contributed by atoms with E-state index in [2.05, 4.69) is 0 Å². The fraction of sp³-hybridized carbons (Fsp3) is 0.875. The quantitative estimate of drug-likeness (QED) is 0.620. The summed E-state index contributed by atoms with van der Waals surface area (Å²) in [5.74, 6) is 0.0237. The molecule has 0 bridgehead atoms. The maximum Gasteiger partial charge on any atom is 0.237 e. The Morgan fingerprint density at radius 2 is 2.50 bits per heavy atom. The number of amides is 1. The number of likely N-dealkylation sites (N-methyl/N-ethyl adjacent to an activating group) is 1. The molecule has 0 saturated carbocycles. The Labute approximate surface area is 77.6 Å². The van der Waals surface area contributed by atoms with E-state index in [4.69, 9.17) is 16.3 Å². The van der Waals surface area contributed by atoms with Gasteiger partial charge in [-0.1, -0.05) is 0 Å². The third-order valence-electron chi connectivity index (χ3n) is 2.04. The molecule has 0 N–H and O–H groups in total. The molecule has 1 atom stereocenters. The van der Waals surface area contributed by atoms with E-state index in [1.807, 2.05) is 0 Å². The maximum absolute atomic E-state index is 11.0. The van der Waals surface area contributed by atoms with Crippen LogP contribution in [0.25, 0.3) is 0 Å². The maximum atomic E-state index is 11.0. The molecule has 0 spiro atoms. The fourth-order valence-electron chi connectivity index (χ4n) is 1.30. The molecule has 1 aliphatic rings. The summed E-state index contributed by atoms with van der Waals surface area (Å²) in [6, 6.07) is 0. The van der Waals surface area contributed by atoms with Crippen molar-refractivity contribution in [2.24, 2.45) is 0 Å². The Morgan fingerprint density at radius 3 is 3.00 bits per heavy atom. The number of rotatable bonds is 3. The molecule has 12 heavy (non-hydrogen) atoms. The molecule has 0 radical (unpaired) electrons. The summed E-state index contributed by atoms with van der Waals surface area (Å²) in [7, 11) is 1.76. The van der Waals surface area contributed by atoms with Crippen molar-refractivity contribution < 1.29 is 9.53 Å². The third-order valence-corrected chi connectivity index (χ3v) is 2.27. The molecule has 1 saturated heterocycles. The van der Waals surface area contributed by atoms with E-state index >= 15 is 0 Å². The Morgan fingerprint density at radius 1 is 1.75 bits per heavy atom. The monoisotopic (exact) mass is 191 g/mol. The second-order valence-corrected chi connectivity index (χ2v) is 3.31. The topological polar surface area (TPSA) is 29.5 Å². The highest BCUT2D eigenvalue weighted by Gasteiger charge is 2.19. The van der Waals surface area contributed by atoms with E-state index in [0.29, 0.717) is 6.54 Å². The van der Waals surface area contributed by atoms with Crippen LogP contribution in [0.3, 0.4) is 0 Å². The highest BCUT2D eigenvalue weighted by molar-refractivity contribution is 6.27. The zero-order chi connectivity index (χ0) is 8.97. The van der Waals surface area contributed by atoms with Crippen LogP contribution in [0, 0.1) is 0 Å². The molecule has 1 heterocycles. The van der Waals surface area contributed by atoms with Gasteiger partial charge in [0.1, 0.15) is 5.88 Å². The highest BCUT2D eigenvalue weighted by atomic mass is 35.5. The van der Waals surface area contributed by atoms with Crippen molar-refractivity contribution in [1.82, 2.24) is 4.90 Å². The van der Waals surface area contributed by atoms with Gasteiger partial charge in [0.05, 0.1) is 6.10 Å². The van der Waals surface area contributed by atoms with Crippen molar-refractivity contribution in [2.45, 2.75) is 18.9 Å². The second kappa shape index (κ2) is 4.67. The molecule has 1 rings (SSSR count). The number of halogens is 1. The Balaban J connectivity index is 2.24. The first kappa shape index (κ1) is 9.81. The normalized spacial score (nSPS) is 22.7. The van der Waals surface area contributed by atoms with Crippen LogP contribution in [0.5, 0.6) is 0 Å². The van der Waals surface area contributed by atoms with Gasteiger partial charge in [0.15, 0.2) is 0 Å². The van der Waals surface area contributed by atoms with Gasteiger partial charge in [0.25, 0.3) is 0 Å². The molecular weight excluding hydrogens is 178 g/mol. The molecule has 0 aromatic carbocycles. The van der Waals surface area contributed by atoms with Gasteiger partial charge in [-0.05, 0) is 12.8 Å². The third kappa shape index (κ3) is 2.64. The minimum atomic E-state index is -0.0350. The number of alkyl halides is 1. The average molecular weight is 192 g/mol. The van der Waals surface area contributed by atoms with Crippen molar-refractivity contribution in [1.29, 1.82) is 0 Å². The molecule has 0 aromatic heterocycles. The SMILES string of the molecule is CN(CC1CCCO1)C(=O)CCl. The highest BCUT2D eigenvalue weighted by Crippen LogP contribution is 2.12. The van der Waals surface area contributed by atoms with Gasteiger partial charge in [-0.3, -0.25) is 4.79 Å². The van der Waals surface area contributed by atoms with Crippen LogP contribution in [0.4, 0.5) is 0 Å². The molecule has 70 valence electrons. The van der Waals surface area contributed by atoms with Gasteiger partial charge in [-0.15, -0.1) is 11.6 Å². The van der Waals surface area contributed by atoms with Crippen molar-refractivity contribution in [3.05, 3.63) is 0 Å². The van der Waals surface area contributed by atoms with Gasteiger partial charge in [0.2, 0.25) is 5.91 Å². The first-order chi connectivity index (χ1) is 5.74. The Bertz CT molecular complexity index is 157. The first-order valence-electron chi connectivity index (χ1n) is 4.15. The molecule has 4 heteroatoms. The van der Waals surface area contributed by atoms with Gasteiger partial charge in [-0.2, -0.15) is 0 Å². The van der Waals surface area contributed by atoms with Gasteiger partial charge in [-0.25, -0.2) is 0 Å². The van der Waals surface area contributed by atoms with E-state index in [-0.39, 0.29) is 17.9 Å². The number of hydrogen-bond acceptors (Lipinski definition) is 2. The minimum Gasteiger partial charge on any atom is -0.376 e. The lowest BCUT2D eigenvalue weighted by molar-refractivity contribution is -0.128. The van der Waals surface area contributed by atoms with E-state index in [0.717, 1.165) is 19.4 Å². The molecule has 1 fully saturated rings. The predicted molar refractivity (Wildman–Crippen MR) is 47.3 cm³/mol. The zero-order valence-corrected chi connectivity index (χ0v) is 8.01. The van der Waals surface area contributed by atoms with Crippen molar-refractivity contribution in [2.75, 3.05) is 26.1 Å². The standard InChI is InChI=1S/C8H14ClNO2/c1-10(8(11)5-9)6-7-3-2-4-12-7/h7H,2-6H2,1H3. The summed E-state index contributed by atoms with van der Waals surface area (Å²) in [4.78, 5) is 12.7. The minimum absolute atomic E-state index is 0.0350. The molecular formula is C8H14ClNO2. The summed E-state index contributed by atoms with van der Waals surface area (Å²) in [5, 5.41) is 0. The van der Waals surface area contributed by atoms with E-state index in [9.17, 15) is 4.79 Å². The van der Waals surface area contributed by atoms with Gasteiger partial charge < -0.3 is 9.64 Å². The average Bonchev–Trinajstić information content (AvgIpc) is 2.55. The van der Waals surface area contributed by atoms with Crippen molar-refractivity contribution in [3.63, 3.8) is 0 Å². The van der Waals surface area contributed by atoms with Crippen LogP contribution < -0.4 is 0 Å². The summed E-state index contributed by atoms with van der Waals surface area (Å²) in [5.41, 5.74) is 0. The lowest BCUT2D eigenvalue weighted by Gasteiger charge is -2.19. The molecule has 0 aromatic rings. The van der Waals surface area contributed by atoms with Crippen LogP contribution in [0.15, 0.2) is 0 Å². The zero-order valence-electron chi connectivity index (χ0n) is 7.25. The number of nitrogens with zero attached hydrogens (tertiary/aromatic N) is 1. The van der Waals surface area contributed by atoms with Crippen LogP contribution >= 0.6 is 11.6 Å². The Hall–Kier alpha value is -0.280. The number of ether oxygens (including phenoxy) is 1. The summed E-state index contributed by atoms with van der Waals surface area (Å²) in [6.07, 6.45) is 2.38. The van der Waals surface area contributed by atoms with Crippen molar-refractivity contribution >= 4 is 17.5 Å². The van der Waals surface area contributed by atoms with Crippen LogP contribution in [-0.2, 0) is 9.53 Å². The summed E-state index contributed by atoms with van der Waals surface area (Å²) >= 11 is 5.40. The predicted octanol–water partition coefficient (Wildman–Crippen LogP) is 0.863.